The molecule has 0 saturated carbocycles. The second-order valence-corrected chi connectivity index (χ2v) is 3.20. The zero-order chi connectivity index (χ0) is 10.8. The molecule has 0 radical (unpaired) electrons. The molecule has 0 fully saturated rings. The van der Waals surface area contributed by atoms with Gasteiger partial charge in [-0.1, -0.05) is 0 Å². The van der Waals surface area contributed by atoms with Gasteiger partial charge in [-0.15, -0.1) is 0 Å². The largest absolute Gasteiger partial charge is 0.475 e. The summed E-state index contributed by atoms with van der Waals surface area (Å²) in [5.74, 6) is -0.521. The molecular formula is C10H10N2O3. The van der Waals surface area contributed by atoms with Crippen molar-refractivity contribution in [2.75, 3.05) is 0 Å². The van der Waals surface area contributed by atoms with Gasteiger partial charge in [0.1, 0.15) is 5.76 Å². The lowest BCUT2D eigenvalue weighted by atomic mass is 10.4. The van der Waals surface area contributed by atoms with Crippen LogP contribution in [0, 0.1) is 6.92 Å². The van der Waals surface area contributed by atoms with Gasteiger partial charge in [0.05, 0.1) is 6.54 Å². The Balaban J connectivity index is 2.18. The first kappa shape index (κ1) is 9.51. The first-order chi connectivity index (χ1) is 7.16. The highest BCUT2D eigenvalue weighted by molar-refractivity contribution is 5.84. The Bertz CT molecular complexity index is 484. The summed E-state index contributed by atoms with van der Waals surface area (Å²) in [7, 11) is 0. The monoisotopic (exact) mass is 206 g/mol. The van der Waals surface area contributed by atoms with Crippen LogP contribution in [0.25, 0.3) is 0 Å². The Kier molecular flexibility index (Phi) is 2.29. The van der Waals surface area contributed by atoms with Crippen molar-refractivity contribution in [2.45, 2.75) is 13.5 Å². The van der Waals surface area contributed by atoms with Gasteiger partial charge < -0.3 is 9.52 Å². The molecule has 0 aliphatic heterocycles. The van der Waals surface area contributed by atoms with E-state index >= 15 is 0 Å². The molecule has 2 heterocycles. The molecule has 0 aromatic carbocycles. The lowest BCUT2D eigenvalue weighted by Gasteiger charge is -2.00. The standard InChI is InChI=1S/C10H10N2O3/c1-7-4-5-11-12(7)6-8-2-3-9(15-8)10(13)14/h2-5H,6H2,1H3,(H,13,14). The normalized spacial score (nSPS) is 10.5. The van der Waals surface area contributed by atoms with E-state index in [4.69, 9.17) is 9.52 Å². The van der Waals surface area contributed by atoms with Crippen LogP contribution in [0.1, 0.15) is 22.0 Å². The van der Waals surface area contributed by atoms with Gasteiger partial charge >= 0.3 is 5.97 Å². The summed E-state index contributed by atoms with van der Waals surface area (Å²) in [6.45, 7) is 2.38. The van der Waals surface area contributed by atoms with Gasteiger partial charge in [0.2, 0.25) is 5.76 Å². The van der Waals surface area contributed by atoms with Crippen LogP contribution in [0.5, 0.6) is 0 Å². The van der Waals surface area contributed by atoms with Gasteiger partial charge in [-0.3, -0.25) is 4.68 Å². The molecule has 0 aliphatic rings. The first-order valence-corrected chi connectivity index (χ1v) is 4.47. The summed E-state index contributed by atoms with van der Waals surface area (Å²) in [6, 6.07) is 4.96. The number of aromatic nitrogens is 2. The van der Waals surface area contributed by atoms with E-state index < -0.39 is 5.97 Å². The Morgan fingerprint density at radius 1 is 1.53 bits per heavy atom. The highest BCUT2D eigenvalue weighted by Gasteiger charge is 2.09. The zero-order valence-electron chi connectivity index (χ0n) is 8.17. The number of carbonyl (C=O) groups is 1. The van der Waals surface area contributed by atoms with Crippen LogP contribution in [-0.4, -0.2) is 20.9 Å². The molecule has 2 rings (SSSR count). The quantitative estimate of drug-likeness (QED) is 0.826. The van der Waals surface area contributed by atoms with Crippen molar-refractivity contribution in [3.05, 3.63) is 41.6 Å². The van der Waals surface area contributed by atoms with E-state index in [1.807, 2.05) is 13.0 Å². The van der Waals surface area contributed by atoms with Crippen molar-refractivity contribution in [1.29, 1.82) is 0 Å². The molecule has 0 bridgehead atoms. The number of carboxylic acid groups (broad SMARTS) is 1. The molecule has 5 heteroatoms. The van der Waals surface area contributed by atoms with Gasteiger partial charge in [0.15, 0.2) is 0 Å². The summed E-state index contributed by atoms with van der Waals surface area (Å²) in [5, 5.41) is 12.7. The van der Waals surface area contributed by atoms with Crippen molar-refractivity contribution < 1.29 is 14.3 Å². The third kappa shape index (κ3) is 1.90. The van der Waals surface area contributed by atoms with Crippen LogP contribution in [0.2, 0.25) is 0 Å². The van der Waals surface area contributed by atoms with Crippen LogP contribution < -0.4 is 0 Å². The number of nitrogens with zero attached hydrogens (tertiary/aromatic N) is 2. The van der Waals surface area contributed by atoms with Crippen molar-refractivity contribution in [3.8, 4) is 0 Å². The molecule has 0 atom stereocenters. The number of hydrogen-bond acceptors (Lipinski definition) is 3. The lowest BCUT2D eigenvalue weighted by Crippen LogP contribution is -2.02. The summed E-state index contributed by atoms with van der Waals surface area (Å²) in [4.78, 5) is 10.6. The average Bonchev–Trinajstić information content (AvgIpc) is 2.77. The lowest BCUT2D eigenvalue weighted by molar-refractivity contribution is 0.0660. The van der Waals surface area contributed by atoms with Gasteiger partial charge in [0.25, 0.3) is 0 Å². The van der Waals surface area contributed by atoms with Crippen LogP contribution in [0.4, 0.5) is 0 Å². The van der Waals surface area contributed by atoms with Crippen molar-refractivity contribution in [2.24, 2.45) is 0 Å². The molecule has 0 aliphatic carbocycles. The summed E-state index contributed by atoms with van der Waals surface area (Å²) in [5.41, 5.74) is 1.00. The maximum atomic E-state index is 10.6. The summed E-state index contributed by atoms with van der Waals surface area (Å²) < 4.78 is 6.85. The zero-order valence-corrected chi connectivity index (χ0v) is 8.17. The fraction of sp³-hybridized carbons (Fsp3) is 0.200. The Labute approximate surface area is 85.9 Å². The number of aryl methyl sites for hydroxylation is 1. The van der Waals surface area contributed by atoms with E-state index in [0.717, 1.165) is 5.69 Å². The fourth-order valence-electron chi connectivity index (χ4n) is 1.29. The fourth-order valence-corrected chi connectivity index (χ4v) is 1.29. The maximum absolute atomic E-state index is 10.6. The van der Waals surface area contributed by atoms with E-state index in [0.29, 0.717) is 12.3 Å². The molecule has 78 valence electrons. The van der Waals surface area contributed by atoms with Crippen molar-refractivity contribution in [3.63, 3.8) is 0 Å². The minimum absolute atomic E-state index is 0.0465. The topological polar surface area (TPSA) is 68.3 Å². The molecule has 2 aromatic heterocycles. The Morgan fingerprint density at radius 3 is 2.87 bits per heavy atom. The molecule has 0 spiro atoms. The van der Waals surface area contributed by atoms with Crippen molar-refractivity contribution >= 4 is 5.97 Å². The summed E-state index contributed by atoms with van der Waals surface area (Å²) >= 11 is 0. The third-order valence-corrected chi connectivity index (χ3v) is 2.11. The summed E-state index contributed by atoms with van der Waals surface area (Å²) in [6.07, 6.45) is 1.69. The van der Waals surface area contributed by atoms with Gasteiger partial charge in [-0.25, -0.2) is 4.79 Å². The second kappa shape index (κ2) is 3.61. The molecule has 15 heavy (non-hydrogen) atoms. The Hall–Kier alpha value is -2.04. The molecule has 2 aromatic rings. The van der Waals surface area contributed by atoms with Gasteiger partial charge in [-0.05, 0) is 25.1 Å². The van der Waals surface area contributed by atoms with E-state index in [2.05, 4.69) is 5.10 Å². The van der Waals surface area contributed by atoms with Crippen LogP contribution in [0.3, 0.4) is 0 Å². The number of aromatic carboxylic acids is 1. The smallest absolute Gasteiger partial charge is 0.371 e. The van der Waals surface area contributed by atoms with E-state index in [-0.39, 0.29) is 5.76 Å². The maximum Gasteiger partial charge on any atom is 0.371 e. The molecule has 0 saturated heterocycles. The van der Waals surface area contributed by atoms with Gasteiger partial charge in [-0.2, -0.15) is 5.10 Å². The average molecular weight is 206 g/mol. The number of hydrogen-bond donors (Lipinski definition) is 1. The predicted molar refractivity (Wildman–Crippen MR) is 51.7 cm³/mol. The Morgan fingerprint density at radius 2 is 2.33 bits per heavy atom. The third-order valence-electron chi connectivity index (χ3n) is 2.11. The molecule has 5 nitrogen and oxygen atoms in total. The van der Waals surface area contributed by atoms with Crippen LogP contribution in [0.15, 0.2) is 28.8 Å². The van der Waals surface area contributed by atoms with Crippen LogP contribution in [-0.2, 0) is 6.54 Å². The molecule has 0 unspecified atom stereocenters. The molecule has 1 N–H and O–H groups in total. The van der Waals surface area contributed by atoms with Crippen molar-refractivity contribution in [1.82, 2.24) is 9.78 Å². The molecular weight excluding hydrogens is 196 g/mol. The highest BCUT2D eigenvalue weighted by Crippen LogP contribution is 2.10. The molecule has 0 amide bonds. The van der Waals surface area contributed by atoms with E-state index in [1.54, 1.807) is 16.9 Å². The van der Waals surface area contributed by atoms with E-state index in [1.165, 1.54) is 6.07 Å². The van der Waals surface area contributed by atoms with Crippen LogP contribution >= 0.6 is 0 Å². The second-order valence-electron chi connectivity index (χ2n) is 3.20. The number of carboxylic acids is 1. The minimum atomic E-state index is -1.06. The first-order valence-electron chi connectivity index (χ1n) is 4.47. The minimum Gasteiger partial charge on any atom is -0.475 e. The SMILES string of the molecule is Cc1ccnn1Cc1ccc(C(=O)O)o1. The predicted octanol–water partition coefficient (Wildman–Crippen LogP) is 1.53. The number of rotatable bonds is 3. The van der Waals surface area contributed by atoms with Gasteiger partial charge in [0, 0.05) is 11.9 Å². The van der Waals surface area contributed by atoms with E-state index in [9.17, 15) is 4.79 Å². The highest BCUT2D eigenvalue weighted by atomic mass is 16.4. The number of furan rings is 1.